The third kappa shape index (κ3) is 3.32. The predicted molar refractivity (Wildman–Crippen MR) is 94.3 cm³/mol. The van der Waals surface area contributed by atoms with Gasteiger partial charge in [0.05, 0.1) is 22.1 Å². The molecule has 1 unspecified atom stereocenters. The maximum absolute atomic E-state index is 6.12. The minimum absolute atomic E-state index is 0.263. The van der Waals surface area contributed by atoms with E-state index in [1.165, 1.54) is 4.90 Å². The van der Waals surface area contributed by atoms with Gasteiger partial charge in [-0.25, -0.2) is 4.98 Å². The summed E-state index contributed by atoms with van der Waals surface area (Å²) < 4.78 is 2.02. The number of aromatic nitrogens is 2. The van der Waals surface area contributed by atoms with Crippen molar-refractivity contribution in [3.05, 3.63) is 76.8 Å². The summed E-state index contributed by atoms with van der Waals surface area (Å²) in [6.45, 7) is 2.16. The van der Waals surface area contributed by atoms with Crippen molar-refractivity contribution in [2.24, 2.45) is 0 Å². The molecular weight excluding hydrogens is 335 g/mol. The monoisotopic (exact) mass is 348 g/mol. The number of para-hydroxylation sites is 1. The van der Waals surface area contributed by atoms with Crippen molar-refractivity contribution in [1.29, 1.82) is 0 Å². The standard InChI is InChI=1S/C17H14Cl2N2S/c1-12(13-6-7-14(18)15(19)10-13)22-17-5-3-2-4-16(17)21-9-8-20-11-21/h2-12H,1H3. The molecule has 0 aliphatic rings. The number of hydrogen-bond donors (Lipinski definition) is 0. The van der Waals surface area contributed by atoms with Crippen LogP contribution >= 0.6 is 35.0 Å². The van der Waals surface area contributed by atoms with Gasteiger partial charge in [-0.15, -0.1) is 11.8 Å². The van der Waals surface area contributed by atoms with Gasteiger partial charge in [0.1, 0.15) is 0 Å². The van der Waals surface area contributed by atoms with Crippen LogP contribution < -0.4 is 0 Å². The van der Waals surface area contributed by atoms with Crippen LogP contribution in [-0.4, -0.2) is 9.55 Å². The minimum Gasteiger partial charge on any atom is -0.305 e. The van der Waals surface area contributed by atoms with E-state index in [4.69, 9.17) is 23.2 Å². The van der Waals surface area contributed by atoms with Crippen molar-refractivity contribution in [3.8, 4) is 5.69 Å². The topological polar surface area (TPSA) is 17.8 Å². The summed E-state index contributed by atoms with van der Waals surface area (Å²) in [6.07, 6.45) is 5.54. The number of nitrogens with zero attached hydrogens (tertiary/aromatic N) is 2. The van der Waals surface area contributed by atoms with Crippen LogP contribution in [0, 0.1) is 0 Å². The molecule has 1 heterocycles. The van der Waals surface area contributed by atoms with Crippen LogP contribution in [0.4, 0.5) is 0 Å². The maximum atomic E-state index is 6.12. The summed E-state index contributed by atoms with van der Waals surface area (Å²) >= 11 is 13.9. The summed E-state index contributed by atoms with van der Waals surface area (Å²) in [5.74, 6) is 0. The van der Waals surface area contributed by atoms with E-state index < -0.39 is 0 Å². The zero-order chi connectivity index (χ0) is 15.5. The van der Waals surface area contributed by atoms with Gasteiger partial charge < -0.3 is 4.57 Å². The third-order valence-corrected chi connectivity index (χ3v) is 5.33. The van der Waals surface area contributed by atoms with Gasteiger partial charge >= 0.3 is 0 Å². The first kappa shape index (κ1) is 15.5. The summed E-state index contributed by atoms with van der Waals surface area (Å²) in [4.78, 5) is 5.31. The minimum atomic E-state index is 0.263. The Morgan fingerprint density at radius 1 is 1.09 bits per heavy atom. The van der Waals surface area contributed by atoms with Crippen LogP contribution in [0.5, 0.6) is 0 Å². The first-order chi connectivity index (χ1) is 10.6. The Labute approximate surface area is 144 Å². The zero-order valence-corrected chi connectivity index (χ0v) is 14.2. The molecule has 0 N–H and O–H groups in total. The molecule has 112 valence electrons. The lowest BCUT2D eigenvalue weighted by Gasteiger charge is -2.15. The predicted octanol–water partition coefficient (Wildman–Crippen LogP) is 6.03. The molecule has 5 heteroatoms. The Balaban J connectivity index is 1.88. The normalized spacial score (nSPS) is 12.3. The summed E-state index contributed by atoms with van der Waals surface area (Å²) in [7, 11) is 0. The number of benzene rings is 2. The fourth-order valence-corrected chi connectivity index (χ4v) is 3.62. The first-order valence-electron chi connectivity index (χ1n) is 6.84. The average molecular weight is 349 g/mol. The van der Waals surface area contributed by atoms with Crippen LogP contribution in [0.2, 0.25) is 10.0 Å². The maximum Gasteiger partial charge on any atom is 0.0992 e. The largest absolute Gasteiger partial charge is 0.305 e. The summed E-state index contributed by atoms with van der Waals surface area (Å²) in [5, 5.41) is 1.44. The smallest absolute Gasteiger partial charge is 0.0992 e. The lowest BCUT2D eigenvalue weighted by atomic mass is 10.2. The van der Waals surface area contributed by atoms with E-state index in [-0.39, 0.29) is 5.25 Å². The van der Waals surface area contributed by atoms with Crippen LogP contribution in [0.25, 0.3) is 5.69 Å². The van der Waals surface area contributed by atoms with Crippen molar-refractivity contribution >= 4 is 35.0 Å². The van der Waals surface area contributed by atoms with E-state index in [1.54, 1.807) is 18.0 Å². The van der Waals surface area contributed by atoms with Gasteiger partial charge in [0.15, 0.2) is 0 Å². The number of hydrogen-bond acceptors (Lipinski definition) is 2. The van der Waals surface area contributed by atoms with Crippen LogP contribution in [0.3, 0.4) is 0 Å². The highest BCUT2D eigenvalue weighted by atomic mass is 35.5. The molecule has 0 amide bonds. The SMILES string of the molecule is CC(Sc1ccccc1-n1ccnc1)c1ccc(Cl)c(Cl)c1. The quantitative estimate of drug-likeness (QED) is 0.535. The second kappa shape index (κ2) is 6.78. The molecular formula is C17H14Cl2N2S. The van der Waals surface area contributed by atoms with E-state index >= 15 is 0 Å². The highest BCUT2D eigenvalue weighted by Gasteiger charge is 2.12. The van der Waals surface area contributed by atoms with Crippen molar-refractivity contribution in [2.45, 2.75) is 17.1 Å². The van der Waals surface area contributed by atoms with Crippen molar-refractivity contribution in [3.63, 3.8) is 0 Å². The third-order valence-electron chi connectivity index (χ3n) is 3.36. The van der Waals surface area contributed by atoms with Gasteiger partial charge in [-0.05, 0) is 36.8 Å². The fraction of sp³-hybridized carbons (Fsp3) is 0.118. The van der Waals surface area contributed by atoms with Gasteiger partial charge in [0.25, 0.3) is 0 Å². The Bertz CT molecular complexity index is 772. The van der Waals surface area contributed by atoms with Crippen molar-refractivity contribution < 1.29 is 0 Å². The zero-order valence-electron chi connectivity index (χ0n) is 11.9. The van der Waals surface area contributed by atoms with Crippen molar-refractivity contribution in [1.82, 2.24) is 9.55 Å². The molecule has 0 fully saturated rings. The van der Waals surface area contributed by atoms with Crippen LogP contribution in [0.15, 0.2) is 66.1 Å². The lowest BCUT2D eigenvalue weighted by Crippen LogP contribution is -1.95. The van der Waals surface area contributed by atoms with Gasteiger partial charge in [-0.3, -0.25) is 0 Å². The molecule has 0 spiro atoms. The van der Waals surface area contributed by atoms with Gasteiger partial charge in [0, 0.05) is 22.5 Å². The molecule has 1 aromatic heterocycles. The number of rotatable bonds is 4. The molecule has 0 aliphatic heterocycles. The molecule has 3 rings (SSSR count). The molecule has 0 aliphatic carbocycles. The number of thioether (sulfide) groups is 1. The molecule has 2 nitrogen and oxygen atoms in total. The average Bonchev–Trinajstić information content (AvgIpc) is 3.04. The first-order valence-corrected chi connectivity index (χ1v) is 8.47. The second-order valence-corrected chi connectivity index (χ2v) is 7.07. The van der Waals surface area contributed by atoms with E-state index in [1.807, 2.05) is 47.4 Å². The molecule has 2 aromatic carbocycles. The van der Waals surface area contributed by atoms with Gasteiger partial charge in [-0.1, -0.05) is 41.4 Å². The fourth-order valence-electron chi connectivity index (χ4n) is 2.20. The Morgan fingerprint density at radius 2 is 1.91 bits per heavy atom. The Hall–Kier alpha value is -1.42. The summed E-state index contributed by atoms with van der Waals surface area (Å²) in [6, 6.07) is 14.1. The highest BCUT2D eigenvalue weighted by Crippen LogP contribution is 2.39. The Kier molecular flexibility index (Phi) is 4.77. The molecule has 0 bridgehead atoms. The molecule has 0 saturated heterocycles. The van der Waals surface area contributed by atoms with Crippen molar-refractivity contribution in [2.75, 3.05) is 0 Å². The van der Waals surface area contributed by atoms with Crippen LogP contribution in [-0.2, 0) is 0 Å². The van der Waals surface area contributed by atoms with E-state index in [9.17, 15) is 0 Å². The van der Waals surface area contributed by atoms with E-state index in [0.717, 1.165) is 11.3 Å². The molecule has 1 atom stereocenters. The molecule has 3 aromatic rings. The van der Waals surface area contributed by atoms with E-state index in [0.29, 0.717) is 10.0 Å². The van der Waals surface area contributed by atoms with E-state index in [2.05, 4.69) is 24.0 Å². The Morgan fingerprint density at radius 3 is 2.64 bits per heavy atom. The van der Waals surface area contributed by atoms with Gasteiger partial charge in [-0.2, -0.15) is 0 Å². The highest BCUT2D eigenvalue weighted by molar-refractivity contribution is 7.99. The van der Waals surface area contributed by atoms with Gasteiger partial charge in [0.2, 0.25) is 0 Å². The number of imidazole rings is 1. The second-order valence-electron chi connectivity index (χ2n) is 4.87. The molecule has 0 saturated carbocycles. The van der Waals surface area contributed by atoms with Crippen LogP contribution in [0.1, 0.15) is 17.7 Å². The lowest BCUT2D eigenvalue weighted by molar-refractivity contribution is 1.01. The molecule has 0 radical (unpaired) electrons. The summed E-state index contributed by atoms with van der Waals surface area (Å²) in [5.41, 5.74) is 2.27. The molecule has 22 heavy (non-hydrogen) atoms. The number of halogens is 2.